The molecule has 1 aliphatic rings. The van der Waals surface area contributed by atoms with E-state index in [0.717, 1.165) is 69.4 Å². The second-order valence-corrected chi connectivity index (χ2v) is 8.97. The van der Waals surface area contributed by atoms with Crippen molar-refractivity contribution in [2.45, 2.75) is 12.8 Å². The lowest BCUT2D eigenvalue weighted by molar-refractivity contribution is -0.117. The van der Waals surface area contributed by atoms with Crippen molar-refractivity contribution >= 4 is 49.1 Å². The van der Waals surface area contributed by atoms with Crippen molar-refractivity contribution in [3.05, 3.63) is 60.2 Å². The summed E-state index contributed by atoms with van der Waals surface area (Å²) in [5.41, 5.74) is 2.72. The van der Waals surface area contributed by atoms with Gasteiger partial charge in [0.05, 0.1) is 36.5 Å². The number of hydrogen-bond acceptors (Lipinski definition) is 6. The van der Waals surface area contributed by atoms with Gasteiger partial charge >= 0.3 is 0 Å². The fourth-order valence-corrected chi connectivity index (χ4v) is 4.98. The van der Waals surface area contributed by atoms with Gasteiger partial charge < -0.3 is 19.7 Å². The molecule has 4 aromatic rings. The van der Waals surface area contributed by atoms with Crippen LogP contribution in [0.25, 0.3) is 21.0 Å². The second-order valence-electron chi connectivity index (χ2n) is 7.96. The normalized spacial score (nSPS) is 15.1. The van der Waals surface area contributed by atoms with Gasteiger partial charge in [-0.3, -0.25) is 4.79 Å². The predicted molar refractivity (Wildman–Crippen MR) is 130 cm³/mol. The summed E-state index contributed by atoms with van der Waals surface area (Å²) in [5.74, 6) is 0.518. The largest absolute Gasteiger partial charge is 0.497 e. The summed E-state index contributed by atoms with van der Waals surface area (Å²) < 4.78 is 11.8. The molecular formula is C25H25N3O3S. The quantitative estimate of drug-likeness (QED) is 0.465. The van der Waals surface area contributed by atoms with Crippen molar-refractivity contribution in [3.8, 4) is 5.75 Å². The molecule has 3 aromatic carbocycles. The molecule has 1 N–H and O–H groups in total. The maximum Gasteiger partial charge on any atom is 0.231 e. The third-order valence-electron chi connectivity index (χ3n) is 5.89. The molecule has 1 aliphatic heterocycles. The van der Waals surface area contributed by atoms with Crippen LogP contribution in [0.3, 0.4) is 0 Å². The van der Waals surface area contributed by atoms with Crippen LogP contribution in [0.15, 0.2) is 54.6 Å². The first kappa shape index (κ1) is 20.7. The summed E-state index contributed by atoms with van der Waals surface area (Å²) >= 11 is 1.65. The van der Waals surface area contributed by atoms with Crippen molar-refractivity contribution in [1.29, 1.82) is 0 Å². The highest BCUT2D eigenvalue weighted by Gasteiger charge is 2.18. The number of morpholine rings is 1. The molecule has 0 unspecified atom stereocenters. The molecule has 2 heterocycles. The highest BCUT2D eigenvalue weighted by atomic mass is 32.1. The number of methoxy groups -OCH3 is 1. The Kier molecular flexibility index (Phi) is 5.68. The minimum Gasteiger partial charge on any atom is -0.497 e. The maximum atomic E-state index is 13.0. The Morgan fingerprint density at radius 1 is 1.09 bits per heavy atom. The molecule has 0 bridgehead atoms. The van der Waals surface area contributed by atoms with Gasteiger partial charge in [-0.15, -0.1) is 0 Å². The lowest BCUT2D eigenvalue weighted by Gasteiger charge is -2.25. The number of aromatic nitrogens is 1. The van der Waals surface area contributed by atoms with Gasteiger partial charge in [-0.2, -0.15) is 0 Å². The number of nitrogens with zero attached hydrogens (tertiary/aromatic N) is 2. The van der Waals surface area contributed by atoms with E-state index in [9.17, 15) is 4.79 Å². The first-order valence-electron chi connectivity index (χ1n) is 10.7. The number of carbonyl (C=O) groups excluding carboxylic acids is 1. The summed E-state index contributed by atoms with van der Waals surface area (Å²) in [7, 11) is 1.66. The van der Waals surface area contributed by atoms with E-state index in [2.05, 4.69) is 16.3 Å². The molecule has 0 radical (unpaired) electrons. The molecule has 1 amide bonds. The zero-order valence-electron chi connectivity index (χ0n) is 18.1. The summed E-state index contributed by atoms with van der Waals surface area (Å²) in [6.07, 6.45) is 0. The number of carbonyl (C=O) groups is 1. The molecule has 1 aromatic heterocycles. The summed E-state index contributed by atoms with van der Waals surface area (Å²) in [6.45, 7) is 5.12. The SMILES string of the molecule is COc1ccc2cc([C@H](C)C(=O)Nc3ccc4nc(N5CCOCC5)sc4c3)ccc2c1. The smallest absolute Gasteiger partial charge is 0.231 e. The Morgan fingerprint density at radius 2 is 1.88 bits per heavy atom. The van der Waals surface area contributed by atoms with Crippen LogP contribution in [-0.2, 0) is 9.53 Å². The van der Waals surface area contributed by atoms with E-state index >= 15 is 0 Å². The number of nitrogens with one attached hydrogen (secondary N) is 1. The molecule has 1 saturated heterocycles. The molecule has 0 spiro atoms. The number of anilines is 2. The minimum atomic E-state index is -0.275. The first-order valence-corrected chi connectivity index (χ1v) is 11.5. The standard InChI is InChI=1S/C25H25N3O3S/c1-16(17-3-4-19-14-21(30-2)7-5-18(19)13-17)24(29)26-20-6-8-22-23(15-20)32-25(27-22)28-9-11-31-12-10-28/h3-8,13-16H,9-12H2,1-2H3,(H,26,29)/t16-/m0/s1. The number of thiazole rings is 1. The molecule has 164 valence electrons. The molecule has 1 atom stereocenters. The predicted octanol–water partition coefficient (Wildman–Crippen LogP) is 5.04. The number of benzene rings is 3. The highest BCUT2D eigenvalue weighted by molar-refractivity contribution is 7.22. The van der Waals surface area contributed by atoms with Gasteiger partial charge in [0.25, 0.3) is 0 Å². The molecule has 6 nitrogen and oxygen atoms in total. The van der Waals surface area contributed by atoms with Crippen molar-refractivity contribution < 1.29 is 14.3 Å². The molecule has 1 fully saturated rings. The Bertz CT molecular complexity index is 1280. The van der Waals surface area contributed by atoms with Gasteiger partial charge in [0.15, 0.2) is 5.13 Å². The van der Waals surface area contributed by atoms with Gasteiger partial charge in [-0.1, -0.05) is 35.6 Å². The van der Waals surface area contributed by atoms with Crippen LogP contribution >= 0.6 is 11.3 Å². The van der Waals surface area contributed by atoms with Crippen LogP contribution in [0.4, 0.5) is 10.8 Å². The van der Waals surface area contributed by atoms with Crippen LogP contribution in [0, 0.1) is 0 Å². The molecular weight excluding hydrogens is 422 g/mol. The number of rotatable bonds is 5. The van der Waals surface area contributed by atoms with E-state index in [1.54, 1.807) is 18.4 Å². The summed E-state index contributed by atoms with van der Waals surface area (Å²) in [4.78, 5) is 20.0. The molecule has 0 aliphatic carbocycles. The fraction of sp³-hybridized carbons (Fsp3) is 0.280. The Balaban J connectivity index is 1.32. The number of ether oxygens (including phenoxy) is 2. The van der Waals surface area contributed by atoms with E-state index in [1.165, 1.54) is 0 Å². The van der Waals surface area contributed by atoms with E-state index < -0.39 is 0 Å². The minimum absolute atomic E-state index is 0.0323. The van der Waals surface area contributed by atoms with E-state index in [4.69, 9.17) is 14.5 Å². The van der Waals surface area contributed by atoms with Gasteiger partial charge in [-0.25, -0.2) is 4.98 Å². The maximum absolute atomic E-state index is 13.0. The van der Waals surface area contributed by atoms with Crippen LogP contribution in [0.5, 0.6) is 5.75 Å². The van der Waals surface area contributed by atoms with Crippen molar-refractivity contribution in [3.63, 3.8) is 0 Å². The summed E-state index contributed by atoms with van der Waals surface area (Å²) in [5, 5.41) is 6.26. The molecule has 5 rings (SSSR count). The van der Waals surface area contributed by atoms with Crippen LogP contribution < -0.4 is 15.0 Å². The lowest BCUT2D eigenvalue weighted by Crippen LogP contribution is -2.36. The zero-order chi connectivity index (χ0) is 22.1. The Hall–Kier alpha value is -3.16. The molecule has 0 saturated carbocycles. The van der Waals surface area contributed by atoms with E-state index in [1.807, 2.05) is 55.5 Å². The zero-order valence-corrected chi connectivity index (χ0v) is 18.9. The van der Waals surface area contributed by atoms with Gasteiger partial charge in [0.2, 0.25) is 5.91 Å². The van der Waals surface area contributed by atoms with Crippen LogP contribution in [-0.4, -0.2) is 44.3 Å². The molecule has 32 heavy (non-hydrogen) atoms. The average molecular weight is 448 g/mol. The average Bonchev–Trinajstić information content (AvgIpc) is 3.27. The Labute approximate surface area is 190 Å². The lowest BCUT2D eigenvalue weighted by atomic mass is 9.97. The van der Waals surface area contributed by atoms with E-state index in [0.29, 0.717) is 0 Å². The first-order chi connectivity index (χ1) is 15.6. The number of fused-ring (bicyclic) bond motifs is 2. The van der Waals surface area contributed by atoms with Crippen LogP contribution in [0.1, 0.15) is 18.4 Å². The van der Waals surface area contributed by atoms with Crippen LogP contribution in [0.2, 0.25) is 0 Å². The van der Waals surface area contributed by atoms with Crippen molar-refractivity contribution in [2.24, 2.45) is 0 Å². The third-order valence-corrected chi connectivity index (χ3v) is 6.97. The number of amides is 1. The summed E-state index contributed by atoms with van der Waals surface area (Å²) in [6, 6.07) is 18.0. The van der Waals surface area contributed by atoms with Gasteiger partial charge in [0.1, 0.15) is 5.75 Å². The topological polar surface area (TPSA) is 63.7 Å². The van der Waals surface area contributed by atoms with Crippen molar-refractivity contribution in [2.75, 3.05) is 43.6 Å². The number of hydrogen-bond donors (Lipinski definition) is 1. The fourth-order valence-electron chi connectivity index (χ4n) is 3.92. The van der Waals surface area contributed by atoms with E-state index in [-0.39, 0.29) is 11.8 Å². The van der Waals surface area contributed by atoms with Crippen molar-refractivity contribution in [1.82, 2.24) is 4.98 Å². The molecule has 7 heteroatoms. The Morgan fingerprint density at radius 3 is 2.69 bits per heavy atom. The third kappa shape index (κ3) is 4.13. The highest BCUT2D eigenvalue weighted by Crippen LogP contribution is 2.32. The monoisotopic (exact) mass is 447 g/mol. The van der Waals surface area contributed by atoms with Gasteiger partial charge in [0, 0.05) is 18.8 Å². The van der Waals surface area contributed by atoms with Gasteiger partial charge in [-0.05, 0) is 53.6 Å². The second kappa shape index (κ2) is 8.76.